The van der Waals surface area contributed by atoms with E-state index in [0.717, 1.165) is 16.8 Å². The number of carbonyl (C=O) groups is 1. The third-order valence-electron chi connectivity index (χ3n) is 3.92. The Kier molecular flexibility index (Phi) is 4.93. The molecule has 0 bridgehead atoms. The maximum atomic E-state index is 13.2. The fraction of sp³-hybridized carbons (Fsp3) is 0.167. The summed E-state index contributed by atoms with van der Waals surface area (Å²) in [6, 6.07) is 9.69. The topological polar surface area (TPSA) is 64.0 Å². The molecule has 2 aromatic carbocycles. The van der Waals surface area contributed by atoms with E-state index >= 15 is 0 Å². The van der Waals surface area contributed by atoms with E-state index < -0.39 is 23.3 Å². The highest BCUT2D eigenvalue weighted by atomic mass is 35.5. The normalized spacial score (nSPS) is 11.6. The van der Waals surface area contributed by atoms with Gasteiger partial charge in [0.15, 0.2) is 0 Å². The van der Waals surface area contributed by atoms with Gasteiger partial charge in [0.25, 0.3) is 5.56 Å². The van der Waals surface area contributed by atoms with Crippen LogP contribution >= 0.6 is 11.6 Å². The molecule has 0 spiro atoms. The summed E-state index contributed by atoms with van der Waals surface area (Å²) >= 11 is 5.63. The Hall–Kier alpha value is -2.87. The third kappa shape index (κ3) is 3.95. The molecule has 0 unspecified atom stereocenters. The first-order valence-corrected chi connectivity index (χ1v) is 8.16. The van der Waals surface area contributed by atoms with Crippen molar-refractivity contribution in [3.05, 3.63) is 69.1 Å². The summed E-state index contributed by atoms with van der Waals surface area (Å²) in [7, 11) is 1.44. The van der Waals surface area contributed by atoms with E-state index in [0.29, 0.717) is 10.8 Å². The Bertz CT molecular complexity index is 1090. The number of halogens is 4. The summed E-state index contributed by atoms with van der Waals surface area (Å²) in [6.07, 6.45) is -4.97. The number of benzene rings is 2. The van der Waals surface area contributed by atoms with Crippen molar-refractivity contribution in [2.75, 3.05) is 5.32 Å². The maximum absolute atomic E-state index is 13.2. The summed E-state index contributed by atoms with van der Waals surface area (Å²) < 4.78 is 40.5. The van der Waals surface area contributed by atoms with E-state index in [4.69, 9.17) is 11.6 Å². The summed E-state index contributed by atoms with van der Waals surface area (Å²) in [5, 5.41) is 7.07. The molecule has 140 valence electrons. The molecule has 0 aliphatic heterocycles. The van der Waals surface area contributed by atoms with Crippen molar-refractivity contribution >= 4 is 34.0 Å². The van der Waals surface area contributed by atoms with Crippen molar-refractivity contribution in [1.29, 1.82) is 0 Å². The molecule has 0 aliphatic rings. The second kappa shape index (κ2) is 7.03. The smallest absolute Gasteiger partial charge is 0.325 e. The molecule has 1 N–H and O–H groups in total. The average molecular weight is 396 g/mol. The number of fused-ring (bicyclic) bond motifs is 1. The first-order valence-electron chi connectivity index (χ1n) is 7.78. The summed E-state index contributed by atoms with van der Waals surface area (Å²) in [5.41, 5.74) is -1.48. The molecule has 27 heavy (non-hydrogen) atoms. The van der Waals surface area contributed by atoms with E-state index in [-0.39, 0.29) is 22.7 Å². The van der Waals surface area contributed by atoms with Crippen molar-refractivity contribution in [1.82, 2.24) is 9.78 Å². The standard InChI is InChI=1S/C18H13ClF3N3O2/c1-25-17(27)12-5-3-2-4-11(12)15(24-25)9-16(26)23-14-7-6-10(19)8-13(14)18(20,21)22/h2-8H,9H2,1H3,(H,23,26). The lowest BCUT2D eigenvalue weighted by atomic mass is 10.1. The summed E-state index contributed by atoms with van der Waals surface area (Å²) in [4.78, 5) is 24.5. The third-order valence-corrected chi connectivity index (χ3v) is 4.16. The molecule has 0 radical (unpaired) electrons. The number of amides is 1. The lowest BCUT2D eigenvalue weighted by Crippen LogP contribution is -2.24. The molecule has 9 heteroatoms. The van der Waals surface area contributed by atoms with Crippen LogP contribution in [0.4, 0.5) is 18.9 Å². The number of alkyl halides is 3. The molecule has 0 saturated heterocycles. The van der Waals surface area contributed by atoms with Crippen LogP contribution in [-0.2, 0) is 24.4 Å². The van der Waals surface area contributed by atoms with Crippen LogP contribution < -0.4 is 10.9 Å². The van der Waals surface area contributed by atoms with Gasteiger partial charge >= 0.3 is 6.18 Å². The van der Waals surface area contributed by atoms with Crippen LogP contribution in [0.1, 0.15) is 11.3 Å². The van der Waals surface area contributed by atoms with Gasteiger partial charge < -0.3 is 5.32 Å². The second-order valence-corrected chi connectivity index (χ2v) is 6.27. The van der Waals surface area contributed by atoms with Crippen LogP contribution in [-0.4, -0.2) is 15.7 Å². The zero-order valence-corrected chi connectivity index (χ0v) is 14.7. The number of nitrogens with zero attached hydrogens (tertiary/aromatic N) is 2. The van der Waals surface area contributed by atoms with Gasteiger partial charge in [0.2, 0.25) is 5.91 Å². The molecule has 0 aliphatic carbocycles. The molecule has 1 amide bonds. The van der Waals surface area contributed by atoms with Gasteiger partial charge in [-0.25, -0.2) is 4.68 Å². The van der Waals surface area contributed by atoms with E-state index in [9.17, 15) is 22.8 Å². The highest BCUT2D eigenvalue weighted by molar-refractivity contribution is 6.30. The molecular formula is C18H13ClF3N3O2. The molecule has 1 heterocycles. The number of carbonyl (C=O) groups excluding carboxylic acids is 1. The molecule has 5 nitrogen and oxygen atoms in total. The molecule has 3 rings (SSSR count). The van der Waals surface area contributed by atoms with Gasteiger partial charge in [-0.1, -0.05) is 29.8 Å². The van der Waals surface area contributed by atoms with Crippen molar-refractivity contribution in [2.45, 2.75) is 12.6 Å². The Morgan fingerprint density at radius 2 is 1.85 bits per heavy atom. The van der Waals surface area contributed by atoms with Gasteiger partial charge in [-0.2, -0.15) is 18.3 Å². The fourth-order valence-electron chi connectivity index (χ4n) is 2.71. The number of hydrogen-bond donors (Lipinski definition) is 1. The highest BCUT2D eigenvalue weighted by Gasteiger charge is 2.34. The Morgan fingerprint density at radius 1 is 1.19 bits per heavy atom. The summed E-state index contributed by atoms with van der Waals surface area (Å²) in [5.74, 6) is -0.695. The average Bonchev–Trinajstić information content (AvgIpc) is 2.60. The van der Waals surface area contributed by atoms with Crippen LogP contribution in [0.3, 0.4) is 0 Å². The SMILES string of the molecule is Cn1nc(CC(=O)Nc2ccc(Cl)cc2C(F)(F)F)c2ccccc2c1=O. The lowest BCUT2D eigenvalue weighted by molar-refractivity contribution is -0.137. The number of aromatic nitrogens is 2. The van der Waals surface area contributed by atoms with Crippen LogP contribution in [0, 0.1) is 0 Å². The minimum Gasteiger partial charge on any atom is -0.325 e. The van der Waals surface area contributed by atoms with Crippen molar-refractivity contribution in [3.63, 3.8) is 0 Å². The van der Waals surface area contributed by atoms with E-state index in [1.54, 1.807) is 24.3 Å². The van der Waals surface area contributed by atoms with Crippen LogP contribution in [0.5, 0.6) is 0 Å². The van der Waals surface area contributed by atoms with E-state index in [1.807, 2.05) is 0 Å². The fourth-order valence-corrected chi connectivity index (χ4v) is 2.89. The van der Waals surface area contributed by atoms with Crippen molar-refractivity contribution in [3.8, 4) is 0 Å². The number of anilines is 1. The van der Waals surface area contributed by atoms with Crippen LogP contribution in [0.25, 0.3) is 10.8 Å². The highest BCUT2D eigenvalue weighted by Crippen LogP contribution is 2.36. The molecule has 0 saturated carbocycles. The lowest BCUT2D eigenvalue weighted by Gasteiger charge is -2.14. The number of rotatable bonds is 3. The Balaban J connectivity index is 1.94. The maximum Gasteiger partial charge on any atom is 0.418 e. The van der Waals surface area contributed by atoms with Gasteiger partial charge in [-0.15, -0.1) is 0 Å². The van der Waals surface area contributed by atoms with Gasteiger partial charge in [-0.3, -0.25) is 9.59 Å². The van der Waals surface area contributed by atoms with Crippen LogP contribution in [0.15, 0.2) is 47.3 Å². The van der Waals surface area contributed by atoms with E-state index in [2.05, 4.69) is 10.4 Å². The van der Waals surface area contributed by atoms with Gasteiger partial charge in [0, 0.05) is 17.5 Å². The predicted octanol–water partition coefficient (Wildman–Crippen LogP) is 3.79. The zero-order valence-electron chi connectivity index (χ0n) is 14.0. The van der Waals surface area contributed by atoms with Crippen molar-refractivity contribution < 1.29 is 18.0 Å². The molecule has 3 aromatic rings. The molecule has 0 fully saturated rings. The van der Waals surface area contributed by atoms with Gasteiger partial charge in [0.1, 0.15) is 0 Å². The number of hydrogen-bond acceptors (Lipinski definition) is 3. The summed E-state index contributed by atoms with van der Waals surface area (Å²) in [6.45, 7) is 0. The van der Waals surface area contributed by atoms with Gasteiger partial charge in [0.05, 0.1) is 28.8 Å². The largest absolute Gasteiger partial charge is 0.418 e. The monoisotopic (exact) mass is 395 g/mol. The zero-order chi connectivity index (χ0) is 19.8. The Morgan fingerprint density at radius 3 is 2.52 bits per heavy atom. The van der Waals surface area contributed by atoms with E-state index in [1.165, 1.54) is 13.1 Å². The minimum absolute atomic E-state index is 0.0916. The van der Waals surface area contributed by atoms with Crippen LogP contribution in [0.2, 0.25) is 5.02 Å². The van der Waals surface area contributed by atoms with Crippen molar-refractivity contribution in [2.24, 2.45) is 7.05 Å². The number of aryl methyl sites for hydroxylation is 1. The van der Waals surface area contributed by atoms with Gasteiger partial charge in [-0.05, 0) is 24.3 Å². The number of nitrogens with one attached hydrogen (secondary N) is 1. The first kappa shape index (κ1) is 18.9. The molecular weight excluding hydrogens is 383 g/mol. The second-order valence-electron chi connectivity index (χ2n) is 5.83. The quantitative estimate of drug-likeness (QED) is 0.734. The molecule has 1 aromatic heterocycles. The molecule has 0 atom stereocenters. The predicted molar refractivity (Wildman–Crippen MR) is 95.8 cm³/mol. The Labute approximate surface area is 156 Å². The first-order chi connectivity index (χ1) is 12.7. The minimum atomic E-state index is -4.67.